The quantitative estimate of drug-likeness (QED) is 0.699. The molecule has 1 heterocycles. The van der Waals surface area contributed by atoms with E-state index in [2.05, 4.69) is 0 Å². The van der Waals surface area contributed by atoms with Crippen LogP contribution >= 0.6 is 0 Å². The molecule has 0 aliphatic rings. The third-order valence-electron chi connectivity index (χ3n) is 3.50. The van der Waals surface area contributed by atoms with E-state index in [0.717, 1.165) is 22.6 Å². The topological polar surface area (TPSA) is 25.2 Å². The monoisotopic (exact) mass is 291 g/mol. The molecule has 108 valence electrons. The van der Waals surface area contributed by atoms with Crippen LogP contribution in [0.25, 0.3) is 16.6 Å². The Kier molecular flexibility index (Phi) is 3.12. The Morgan fingerprint density at radius 2 is 1.71 bits per heavy atom. The minimum atomic E-state index is -1.33. The van der Waals surface area contributed by atoms with E-state index in [9.17, 15) is 18.3 Å². The van der Waals surface area contributed by atoms with Crippen molar-refractivity contribution in [3.8, 4) is 11.6 Å². The number of aromatic nitrogens is 1. The van der Waals surface area contributed by atoms with Gasteiger partial charge < -0.3 is 5.11 Å². The molecule has 2 aromatic carbocycles. The van der Waals surface area contributed by atoms with Gasteiger partial charge in [-0.3, -0.25) is 4.57 Å². The molecule has 3 aromatic rings. The Labute approximate surface area is 119 Å². The van der Waals surface area contributed by atoms with Crippen LogP contribution in [0.15, 0.2) is 36.4 Å². The van der Waals surface area contributed by atoms with Crippen LogP contribution in [-0.2, 0) is 6.42 Å². The van der Waals surface area contributed by atoms with Crippen LogP contribution in [0, 0.1) is 17.5 Å². The first-order chi connectivity index (χ1) is 10.0. The van der Waals surface area contributed by atoms with Gasteiger partial charge in [-0.05, 0) is 36.2 Å². The number of rotatable bonds is 2. The van der Waals surface area contributed by atoms with E-state index in [0.29, 0.717) is 17.0 Å². The van der Waals surface area contributed by atoms with Crippen molar-refractivity contribution in [3.05, 3.63) is 59.4 Å². The maximum Gasteiger partial charge on any atom is 0.196 e. The highest BCUT2D eigenvalue weighted by molar-refractivity contribution is 5.85. The average Bonchev–Trinajstić information content (AvgIpc) is 2.79. The summed E-state index contributed by atoms with van der Waals surface area (Å²) in [6.45, 7) is 1.98. The Bertz CT molecular complexity index is 839. The summed E-state index contributed by atoms with van der Waals surface area (Å²) < 4.78 is 42.2. The average molecular weight is 291 g/mol. The molecule has 5 heteroatoms. The zero-order chi connectivity index (χ0) is 15.1. The normalized spacial score (nSPS) is 11.2. The number of nitrogens with zero attached hydrogens (tertiary/aromatic N) is 1. The summed E-state index contributed by atoms with van der Waals surface area (Å²) in [7, 11) is 0. The summed E-state index contributed by atoms with van der Waals surface area (Å²) >= 11 is 0. The van der Waals surface area contributed by atoms with E-state index < -0.39 is 23.1 Å². The van der Waals surface area contributed by atoms with E-state index in [4.69, 9.17) is 0 Å². The first-order valence-electron chi connectivity index (χ1n) is 6.50. The molecule has 0 saturated carbocycles. The van der Waals surface area contributed by atoms with E-state index in [1.54, 1.807) is 12.1 Å². The SMILES string of the molecule is CCc1ccc2c(c1)cc(O)n2-c1c(F)ccc(F)c1F. The summed E-state index contributed by atoms with van der Waals surface area (Å²) in [4.78, 5) is 0. The predicted octanol–water partition coefficient (Wildman–Crippen LogP) is 4.32. The number of benzene rings is 2. The van der Waals surface area contributed by atoms with Crippen LogP contribution in [0.5, 0.6) is 5.88 Å². The zero-order valence-corrected chi connectivity index (χ0v) is 11.2. The van der Waals surface area contributed by atoms with Crippen molar-refractivity contribution >= 4 is 10.9 Å². The highest BCUT2D eigenvalue weighted by atomic mass is 19.2. The molecule has 0 atom stereocenters. The fraction of sp³-hybridized carbons (Fsp3) is 0.125. The predicted molar refractivity (Wildman–Crippen MR) is 74.2 cm³/mol. The summed E-state index contributed by atoms with van der Waals surface area (Å²) in [6.07, 6.45) is 0.796. The van der Waals surface area contributed by atoms with Crippen LogP contribution in [0.2, 0.25) is 0 Å². The zero-order valence-electron chi connectivity index (χ0n) is 11.2. The van der Waals surface area contributed by atoms with Crippen molar-refractivity contribution in [3.63, 3.8) is 0 Å². The van der Waals surface area contributed by atoms with Crippen molar-refractivity contribution in [1.82, 2.24) is 4.57 Å². The van der Waals surface area contributed by atoms with Gasteiger partial charge in [-0.2, -0.15) is 0 Å². The third-order valence-corrected chi connectivity index (χ3v) is 3.50. The van der Waals surface area contributed by atoms with Crippen LogP contribution in [0.3, 0.4) is 0 Å². The van der Waals surface area contributed by atoms with Gasteiger partial charge in [0.15, 0.2) is 23.3 Å². The minimum Gasteiger partial charge on any atom is -0.494 e. The largest absolute Gasteiger partial charge is 0.494 e. The molecule has 0 radical (unpaired) electrons. The molecule has 0 spiro atoms. The first-order valence-corrected chi connectivity index (χ1v) is 6.50. The maximum absolute atomic E-state index is 13.9. The molecule has 0 aliphatic carbocycles. The molecule has 0 amide bonds. The molecule has 0 aliphatic heterocycles. The van der Waals surface area contributed by atoms with Crippen molar-refractivity contribution in [2.75, 3.05) is 0 Å². The van der Waals surface area contributed by atoms with Gasteiger partial charge in [-0.25, -0.2) is 13.2 Å². The Hall–Kier alpha value is -2.43. The van der Waals surface area contributed by atoms with Crippen LogP contribution in [0.1, 0.15) is 12.5 Å². The number of hydrogen-bond acceptors (Lipinski definition) is 1. The van der Waals surface area contributed by atoms with Crippen molar-refractivity contribution < 1.29 is 18.3 Å². The number of aryl methyl sites for hydroxylation is 1. The molecular weight excluding hydrogens is 279 g/mol. The van der Waals surface area contributed by atoms with E-state index >= 15 is 0 Å². The molecule has 21 heavy (non-hydrogen) atoms. The molecule has 3 rings (SSSR count). The fourth-order valence-electron chi connectivity index (χ4n) is 2.43. The summed E-state index contributed by atoms with van der Waals surface area (Å²) in [6, 6.07) is 8.22. The van der Waals surface area contributed by atoms with Crippen LogP contribution < -0.4 is 0 Å². The highest BCUT2D eigenvalue weighted by Gasteiger charge is 2.20. The second-order valence-corrected chi connectivity index (χ2v) is 4.78. The lowest BCUT2D eigenvalue weighted by Gasteiger charge is -2.10. The standard InChI is InChI=1S/C16H12F3NO/c1-2-9-3-6-13-10(7-9)8-14(21)20(13)16-12(18)5-4-11(17)15(16)19/h3-8,21H,2H2,1H3. The smallest absolute Gasteiger partial charge is 0.196 e. The van der Waals surface area contributed by atoms with E-state index in [1.165, 1.54) is 6.07 Å². The highest BCUT2D eigenvalue weighted by Crippen LogP contribution is 2.32. The minimum absolute atomic E-state index is 0.346. The summed E-state index contributed by atoms with van der Waals surface area (Å²) in [5.41, 5.74) is 0.819. The Morgan fingerprint density at radius 1 is 1.00 bits per heavy atom. The van der Waals surface area contributed by atoms with E-state index in [-0.39, 0.29) is 5.88 Å². The maximum atomic E-state index is 13.9. The number of halogens is 3. The fourth-order valence-corrected chi connectivity index (χ4v) is 2.43. The van der Waals surface area contributed by atoms with Crippen molar-refractivity contribution in [1.29, 1.82) is 0 Å². The number of aromatic hydroxyl groups is 1. The van der Waals surface area contributed by atoms with Crippen LogP contribution in [-0.4, -0.2) is 9.67 Å². The molecule has 0 bridgehead atoms. The number of fused-ring (bicyclic) bond motifs is 1. The summed E-state index contributed by atoms with van der Waals surface area (Å²) in [5, 5.41) is 10.6. The summed E-state index contributed by atoms with van der Waals surface area (Å²) in [5.74, 6) is -3.79. The van der Waals surface area contributed by atoms with Crippen LogP contribution in [0.4, 0.5) is 13.2 Å². The van der Waals surface area contributed by atoms with Gasteiger partial charge in [0.1, 0.15) is 5.69 Å². The molecule has 1 N–H and O–H groups in total. The second-order valence-electron chi connectivity index (χ2n) is 4.78. The van der Waals surface area contributed by atoms with Gasteiger partial charge >= 0.3 is 0 Å². The second kappa shape index (κ2) is 4.84. The molecular formula is C16H12F3NO. The third kappa shape index (κ3) is 2.05. The lowest BCUT2D eigenvalue weighted by atomic mass is 10.1. The van der Waals surface area contributed by atoms with Gasteiger partial charge in [0, 0.05) is 11.5 Å². The number of hydrogen-bond donors (Lipinski definition) is 1. The Morgan fingerprint density at radius 3 is 2.43 bits per heavy atom. The van der Waals surface area contributed by atoms with Gasteiger partial charge in [0.25, 0.3) is 0 Å². The van der Waals surface area contributed by atoms with Gasteiger partial charge in [0.2, 0.25) is 0 Å². The van der Waals surface area contributed by atoms with Gasteiger partial charge in [-0.1, -0.05) is 13.0 Å². The van der Waals surface area contributed by atoms with Crippen molar-refractivity contribution in [2.24, 2.45) is 0 Å². The lowest BCUT2D eigenvalue weighted by Crippen LogP contribution is -2.03. The molecule has 2 nitrogen and oxygen atoms in total. The van der Waals surface area contributed by atoms with Crippen molar-refractivity contribution in [2.45, 2.75) is 13.3 Å². The molecule has 0 unspecified atom stereocenters. The lowest BCUT2D eigenvalue weighted by molar-refractivity contribution is 0.433. The van der Waals surface area contributed by atoms with Gasteiger partial charge in [0.05, 0.1) is 5.52 Å². The Balaban J connectivity index is 2.36. The van der Waals surface area contributed by atoms with Gasteiger partial charge in [-0.15, -0.1) is 0 Å². The molecule has 1 aromatic heterocycles. The molecule has 0 saturated heterocycles. The van der Waals surface area contributed by atoms with E-state index in [1.807, 2.05) is 13.0 Å². The first kappa shape index (κ1) is 13.5. The molecule has 0 fully saturated rings.